The summed E-state index contributed by atoms with van der Waals surface area (Å²) in [5.41, 5.74) is 11.2. The quantitative estimate of drug-likeness (QED) is 0.829. The van der Waals surface area contributed by atoms with Gasteiger partial charge in [-0.3, -0.25) is 0 Å². The predicted molar refractivity (Wildman–Crippen MR) is 85.0 cm³/mol. The van der Waals surface area contributed by atoms with Crippen LogP contribution in [0.5, 0.6) is 5.75 Å². The van der Waals surface area contributed by atoms with Crippen molar-refractivity contribution in [3.63, 3.8) is 0 Å². The molecule has 1 aliphatic rings. The Bertz CT molecular complexity index is 653. The van der Waals surface area contributed by atoms with Crippen LogP contribution in [0.1, 0.15) is 40.8 Å². The number of halogens is 1. The number of hydrogen-bond acceptors (Lipinski definition) is 2. The lowest BCUT2D eigenvalue weighted by atomic mass is 9.91. The first kappa shape index (κ1) is 13.7. The van der Waals surface area contributed by atoms with E-state index in [9.17, 15) is 0 Å². The summed E-state index contributed by atoms with van der Waals surface area (Å²) in [5, 5.41) is 0. The SMILES string of the molecule is Cc1ccc(C2C[C@H](N)c3cc(Br)ccc3O2)c(C)c1. The first-order valence-corrected chi connectivity index (χ1v) is 7.63. The van der Waals surface area contributed by atoms with Gasteiger partial charge in [-0.25, -0.2) is 0 Å². The average molecular weight is 332 g/mol. The molecule has 0 spiro atoms. The highest BCUT2D eigenvalue weighted by Crippen LogP contribution is 2.41. The summed E-state index contributed by atoms with van der Waals surface area (Å²) in [6, 6.07) is 12.5. The fourth-order valence-corrected chi connectivity index (χ4v) is 3.23. The summed E-state index contributed by atoms with van der Waals surface area (Å²) in [4.78, 5) is 0. The molecule has 3 rings (SSSR count). The number of hydrogen-bond donors (Lipinski definition) is 1. The average Bonchev–Trinajstić information content (AvgIpc) is 2.39. The fourth-order valence-electron chi connectivity index (χ4n) is 2.85. The molecule has 1 aliphatic heterocycles. The normalized spacial score (nSPS) is 21.2. The zero-order valence-corrected chi connectivity index (χ0v) is 13.3. The van der Waals surface area contributed by atoms with Crippen LogP contribution >= 0.6 is 15.9 Å². The van der Waals surface area contributed by atoms with Crippen molar-refractivity contribution in [3.8, 4) is 5.75 Å². The lowest BCUT2D eigenvalue weighted by Gasteiger charge is -2.31. The summed E-state index contributed by atoms with van der Waals surface area (Å²) in [5.74, 6) is 0.900. The van der Waals surface area contributed by atoms with Crippen molar-refractivity contribution in [2.24, 2.45) is 5.73 Å². The molecule has 0 radical (unpaired) electrons. The standard InChI is InChI=1S/C17H18BrNO/c1-10-3-5-13(11(2)7-10)17-9-15(19)14-8-12(18)4-6-16(14)20-17/h3-8,15,17H,9,19H2,1-2H3/t15-,17?/m0/s1. The van der Waals surface area contributed by atoms with Crippen molar-refractivity contribution in [3.05, 3.63) is 63.1 Å². The highest BCUT2D eigenvalue weighted by atomic mass is 79.9. The summed E-state index contributed by atoms with van der Waals surface area (Å²) in [7, 11) is 0. The van der Waals surface area contributed by atoms with Crippen molar-refractivity contribution in [2.75, 3.05) is 0 Å². The molecule has 0 saturated carbocycles. The summed E-state index contributed by atoms with van der Waals surface area (Å²) >= 11 is 3.49. The molecule has 0 aromatic heterocycles. The second kappa shape index (κ2) is 5.23. The minimum atomic E-state index is 0.0157. The van der Waals surface area contributed by atoms with Gasteiger partial charge in [-0.05, 0) is 43.2 Å². The number of benzene rings is 2. The van der Waals surface area contributed by atoms with Crippen LogP contribution in [0.2, 0.25) is 0 Å². The molecule has 0 bridgehead atoms. The number of ether oxygens (including phenoxy) is 1. The monoisotopic (exact) mass is 331 g/mol. The van der Waals surface area contributed by atoms with Crippen molar-refractivity contribution in [1.29, 1.82) is 0 Å². The molecule has 2 aromatic carbocycles. The predicted octanol–water partition coefficient (Wildman–Crippen LogP) is 4.59. The summed E-state index contributed by atoms with van der Waals surface area (Å²) in [6.07, 6.45) is 0.854. The van der Waals surface area contributed by atoms with Crippen LogP contribution < -0.4 is 10.5 Å². The van der Waals surface area contributed by atoms with Crippen LogP contribution in [-0.4, -0.2) is 0 Å². The van der Waals surface area contributed by atoms with E-state index in [4.69, 9.17) is 10.5 Å². The molecule has 20 heavy (non-hydrogen) atoms. The van der Waals surface area contributed by atoms with Gasteiger partial charge in [-0.15, -0.1) is 0 Å². The molecular weight excluding hydrogens is 314 g/mol. The van der Waals surface area contributed by atoms with Gasteiger partial charge in [0.1, 0.15) is 11.9 Å². The van der Waals surface area contributed by atoms with E-state index in [1.165, 1.54) is 16.7 Å². The van der Waals surface area contributed by atoms with Gasteiger partial charge in [0.2, 0.25) is 0 Å². The Labute approximate surface area is 128 Å². The summed E-state index contributed by atoms with van der Waals surface area (Å²) < 4.78 is 7.21. The van der Waals surface area contributed by atoms with Gasteiger partial charge in [0.05, 0.1) is 0 Å². The number of rotatable bonds is 1. The molecule has 0 aliphatic carbocycles. The van der Waals surface area contributed by atoms with Crippen LogP contribution in [0.3, 0.4) is 0 Å². The Morgan fingerprint density at radius 3 is 2.65 bits per heavy atom. The maximum Gasteiger partial charge on any atom is 0.126 e. The second-order valence-electron chi connectivity index (χ2n) is 5.49. The molecule has 104 valence electrons. The highest BCUT2D eigenvalue weighted by molar-refractivity contribution is 9.10. The van der Waals surface area contributed by atoms with Gasteiger partial charge in [0, 0.05) is 22.5 Å². The third-order valence-corrected chi connectivity index (χ3v) is 4.37. The Balaban J connectivity index is 1.97. The molecule has 2 aromatic rings. The minimum Gasteiger partial charge on any atom is -0.485 e. The lowest BCUT2D eigenvalue weighted by Crippen LogP contribution is -2.24. The van der Waals surface area contributed by atoms with E-state index in [-0.39, 0.29) is 12.1 Å². The minimum absolute atomic E-state index is 0.0157. The molecule has 2 atom stereocenters. The van der Waals surface area contributed by atoms with Crippen molar-refractivity contribution in [2.45, 2.75) is 32.4 Å². The van der Waals surface area contributed by atoms with Crippen LogP contribution in [0.4, 0.5) is 0 Å². The Kier molecular flexibility index (Phi) is 3.57. The number of fused-ring (bicyclic) bond motifs is 1. The molecule has 0 fully saturated rings. The second-order valence-corrected chi connectivity index (χ2v) is 6.41. The third kappa shape index (κ3) is 2.48. The maximum absolute atomic E-state index is 6.32. The molecule has 0 saturated heterocycles. The first-order chi connectivity index (χ1) is 9.54. The molecular formula is C17H18BrNO. The highest BCUT2D eigenvalue weighted by Gasteiger charge is 2.28. The van der Waals surface area contributed by atoms with Gasteiger partial charge < -0.3 is 10.5 Å². The van der Waals surface area contributed by atoms with Crippen LogP contribution in [0.25, 0.3) is 0 Å². The molecule has 1 heterocycles. The molecule has 1 unspecified atom stereocenters. The first-order valence-electron chi connectivity index (χ1n) is 6.83. The van der Waals surface area contributed by atoms with Crippen molar-refractivity contribution < 1.29 is 4.74 Å². The van der Waals surface area contributed by atoms with Crippen LogP contribution in [-0.2, 0) is 0 Å². The zero-order valence-electron chi connectivity index (χ0n) is 11.7. The largest absolute Gasteiger partial charge is 0.485 e. The van der Waals surface area contributed by atoms with E-state index >= 15 is 0 Å². The lowest BCUT2D eigenvalue weighted by molar-refractivity contribution is 0.161. The maximum atomic E-state index is 6.32. The molecule has 2 N–H and O–H groups in total. The van der Waals surface area contributed by atoms with Gasteiger partial charge in [-0.1, -0.05) is 39.7 Å². The van der Waals surface area contributed by atoms with E-state index in [1.54, 1.807) is 0 Å². The Hall–Kier alpha value is -1.32. The van der Waals surface area contributed by atoms with Gasteiger partial charge in [0.15, 0.2) is 0 Å². The topological polar surface area (TPSA) is 35.2 Å². The third-order valence-electron chi connectivity index (χ3n) is 3.88. The Morgan fingerprint density at radius 1 is 1.10 bits per heavy atom. The number of aryl methyl sites for hydroxylation is 2. The smallest absolute Gasteiger partial charge is 0.126 e. The molecule has 2 nitrogen and oxygen atoms in total. The van der Waals surface area contributed by atoms with E-state index < -0.39 is 0 Å². The van der Waals surface area contributed by atoms with Gasteiger partial charge in [-0.2, -0.15) is 0 Å². The van der Waals surface area contributed by atoms with Gasteiger partial charge in [0.25, 0.3) is 0 Å². The zero-order chi connectivity index (χ0) is 14.3. The summed E-state index contributed by atoms with van der Waals surface area (Å²) in [6.45, 7) is 4.24. The van der Waals surface area contributed by atoms with Crippen LogP contribution in [0.15, 0.2) is 40.9 Å². The van der Waals surface area contributed by atoms with E-state index in [0.29, 0.717) is 0 Å². The Morgan fingerprint density at radius 2 is 1.90 bits per heavy atom. The van der Waals surface area contributed by atoms with Gasteiger partial charge >= 0.3 is 0 Å². The molecule has 0 amide bonds. The fraction of sp³-hybridized carbons (Fsp3) is 0.294. The number of nitrogens with two attached hydrogens (primary N) is 1. The molecule has 3 heteroatoms. The van der Waals surface area contributed by atoms with E-state index in [1.807, 2.05) is 12.1 Å². The van der Waals surface area contributed by atoms with Crippen molar-refractivity contribution in [1.82, 2.24) is 0 Å². The van der Waals surface area contributed by atoms with E-state index in [0.717, 1.165) is 22.2 Å². The van der Waals surface area contributed by atoms with E-state index in [2.05, 4.69) is 54.0 Å². The van der Waals surface area contributed by atoms with Crippen molar-refractivity contribution >= 4 is 15.9 Å². The van der Waals surface area contributed by atoms with Crippen LogP contribution in [0, 0.1) is 13.8 Å².